The maximum Gasteiger partial charge on any atom is 0.137 e. The van der Waals surface area contributed by atoms with Crippen molar-refractivity contribution in [3.8, 4) is 0 Å². The molecule has 1 aromatic heterocycles. The van der Waals surface area contributed by atoms with Gasteiger partial charge in [-0.3, -0.25) is 9.78 Å². The number of Topliss-reactive ketones (excluding diaryl/α,β-unsaturated/α-hetero) is 1. The zero-order valence-corrected chi connectivity index (χ0v) is 13.8. The van der Waals surface area contributed by atoms with E-state index in [4.69, 9.17) is 0 Å². The molecule has 0 aromatic carbocycles. The van der Waals surface area contributed by atoms with Gasteiger partial charge in [0, 0.05) is 37.8 Å². The Morgan fingerprint density at radius 3 is 2.76 bits per heavy atom. The van der Waals surface area contributed by atoms with Crippen LogP contribution in [0.25, 0.3) is 0 Å². The van der Waals surface area contributed by atoms with Crippen LogP contribution in [0.4, 0.5) is 0 Å². The molecule has 0 radical (unpaired) electrons. The van der Waals surface area contributed by atoms with Gasteiger partial charge in [0.25, 0.3) is 0 Å². The quantitative estimate of drug-likeness (QED) is 0.849. The summed E-state index contributed by atoms with van der Waals surface area (Å²) in [6, 6.07) is 4.05. The molecule has 116 valence electrons. The van der Waals surface area contributed by atoms with Crippen molar-refractivity contribution >= 4 is 5.78 Å². The summed E-state index contributed by atoms with van der Waals surface area (Å²) in [5.74, 6) is 1.31. The fourth-order valence-electron chi connectivity index (χ4n) is 3.32. The third-order valence-corrected chi connectivity index (χ3v) is 4.70. The smallest absolute Gasteiger partial charge is 0.137 e. The van der Waals surface area contributed by atoms with Gasteiger partial charge in [0.2, 0.25) is 0 Å². The first-order valence-corrected chi connectivity index (χ1v) is 7.96. The van der Waals surface area contributed by atoms with Gasteiger partial charge in [-0.1, -0.05) is 26.8 Å². The lowest BCUT2D eigenvalue weighted by molar-refractivity contribution is -0.127. The van der Waals surface area contributed by atoms with E-state index in [-0.39, 0.29) is 5.92 Å². The van der Waals surface area contributed by atoms with Gasteiger partial charge in [-0.05, 0) is 42.9 Å². The Labute approximate surface area is 128 Å². The Morgan fingerprint density at radius 1 is 1.38 bits per heavy atom. The number of pyridine rings is 1. The Morgan fingerprint density at radius 2 is 2.14 bits per heavy atom. The average molecular weight is 288 g/mol. The largest absolute Gasteiger partial charge is 0.301 e. The topological polar surface area (TPSA) is 33.2 Å². The van der Waals surface area contributed by atoms with Gasteiger partial charge in [-0.15, -0.1) is 0 Å². The van der Waals surface area contributed by atoms with Crippen molar-refractivity contribution in [3.63, 3.8) is 0 Å². The molecule has 1 saturated carbocycles. The van der Waals surface area contributed by atoms with Crippen molar-refractivity contribution in [1.29, 1.82) is 0 Å². The molecule has 0 amide bonds. The standard InChI is InChI=1S/C18H28N2O/c1-18(2,3)16-7-8-17(21)15(10-16)13-20(4)12-14-6-5-9-19-11-14/h5-6,9,11,15-16H,7-8,10,12-13H2,1-4H3. The number of ketones is 1. The molecule has 0 bridgehead atoms. The molecule has 2 rings (SSSR count). The number of rotatable bonds is 4. The highest BCUT2D eigenvalue weighted by atomic mass is 16.1. The molecule has 2 atom stereocenters. The molecule has 1 aliphatic carbocycles. The summed E-state index contributed by atoms with van der Waals surface area (Å²) >= 11 is 0. The summed E-state index contributed by atoms with van der Waals surface area (Å²) in [5.41, 5.74) is 1.51. The van der Waals surface area contributed by atoms with Crippen LogP contribution in [-0.2, 0) is 11.3 Å². The highest BCUT2D eigenvalue weighted by Gasteiger charge is 2.35. The zero-order chi connectivity index (χ0) is 15.5. The van der Waals surface area contributed by atoms with E-state index in [1.54, 1.807) is 6.20 Å². The van der Waals surface area contributed by atoms with Crippen molar-refractivity contribution in [2.75, 3.05) is 13.6 Å². The van der Waals surface area contributed by atoms with Gasteiger partial charge < -0.3 is 4.90 Å². The number of aromatic nitrogens is 1. The second-order valence-electron chi connectivity index (χ2n) is 7.56. The fraction of sp³-hybridized carbons (Fsp3) is 0.667. The van der Waals surface area contributed by atoms with Crippen LogP contribution in [0, 0.1) is 17.3 Å². The third-order valence-electron chi connectivity index (χ3n) is 4.70. The highest BCUT2D eigenvalue weighted by molar-refractivity contribution is 5.82. The molecule has 1 heterocycles. The second-order valence-corrected chi connectivity index (χ2v) is 7.56. The number of carbonyl (C=O) groups excluding carboxylic acids is 1. The van der Waals surface area contributed by atoms with Crippen molar-refractivity contribution in [2.24, 2.45) is 17.3 Å². The summed E-state index contributed by atoms with van der Waals surface area (Å²) in [4.78, 5) is 18.6. The summed E-state index contributed by atoms with van der Waals surface area (Å²) in [5, 5.41) is 0. The molecule has 0 spiro atoms. The molecule has 21 heavy (non-hydrogen) atoms. The lowest BCUT2D eigenvalue weighted by Crippen LogP contribution is -2.37. The van der Waals surface area contributed by atoms with Crippen LogP contribution in [0.2, 0.25) is 0 Å². The minimum absolute atomic E-state index is 0.199. The monoisotopic (exact) mass is 288 g/mol. The molecule has 1 fully saturated rings. The third kappa shape index (κ3) is 4.63. The molecule has 1 aliphatic rings. The molecule has 3 nitrogen and oxygen atoms in total. The van der Waals surface area contributed by atoms with Crippen LogP contribution in [0.5, 0.6) is 0 Å². The predicted octanol–water partition coefficient (Wildman–Crippen LogP) is 3.54. The van der Waals surface area contributed by atoms with Crippen LogP contribution in [0.3, 0.4) is 0 Å². The van der Waals surface area contributed by atoms with E-state index in [9.17, 15) is 4.79 Å². The van der Waals surface area contributed by atoms with Crippen molar-refractivity contribution in [2.45, 2.75) is 46.6 Å². The summed E-state index contributed by atoms with van der Waals surface area (Å²) in [6.07, 6.45) is 6.55. The van der Waals surface area contributed by atoms with E-state index in [0.717, 1.165) is 32.4 Å². The summed E-state index contributed by atoms with van der Waals surface area (Å²) in [6.45, 7) is 8.61. The Hall–Kier alpha value is -1.22. The van der Waals surface area contributed by atoms with Gasteiger partial charge in [-0.2, -0.15) is 0 Å². The van der Waals surface area contributed by atoms with Crippen molar-refractivity contribution in [1.82, 2.24) is 9.88 Å². The zero-order valence-electron chi connectivity index (χ0n) is 13.8. The van der Waals surface area contributed by atoms with Gasteiger partial charge in [-0.25, -0.2) is 0 Å². The lowest BCUT2D eigenvalue weighted by Gasteiger charge is -2.38. The van der Waals surface area contributed by atoms with Gasteiger partial charge in [0.05, 0.1) is 0 Å². The number of nitrogens with zero attached hydrogens (tertiary/aromatic N) is 2. The van der Waals surface area contributed by atoms with Crippen molar-refractivity contribution < 1.29 is 4.79 Å². The highest BCUT2D eigenvalue weighted by Crippen LogP contribution is 2.39. The van der Waals surface area contributed by atoms with E-state index in [0.29, 0.717) is 17.1 Å². The average Bonchev–Trinajstić information content (AvgIpc) is 2.41. The van der Waals surface area contributed by atoms with E-state index in [1.807, 2.05) is 12.3 Å². The number of hydrogen-bond donors (Lipinski definition) is 0. The minimum Gasteiger partial charge on any atom is -0.301 e. The number of carbonyl (C=O) groups is 1. The predicted molar refractivity (Wildman–Crippen MR) is 85.9 cm³/mol. The van der Waals surface area contributed by atoms with Gasteiger partial charge in [0.1, 0.15) is 5.78 Å². The van der Waals surface area contributed by atoms with E-state index >= 15 is 0 Å². The van der Waals surface area contributed by atoms with Crippen LogP contribution in [0.15, 0.2) is 24.5 Å². The van der Waals surface area contributed by atoms with Crippen molar-refractivity contribution in [3.05, 3.63) is 30.1 Å². The normalized spacial score (nSPS) is 23.6. The van der Waals surface area contributed by atoms with Crippen LogP contribution >= 0.6 is 0 Å². The first-order valence-electron chi connectivity index (χ1n) is 7.96. The minimum atomic E-state index is 0.199. The molecule has 0 N–H and O–H groups in total. The van der Waals surface area contributed by atoms with Crippen LogP contribution < -0.4 is 0 Å². The molecular weight excluding hydrogens is 260 g/mol. The first kappa shape index (κ1) is 16.2. The summed E-state index contributed by atoms with van der Waals surface area (Å²) in [7, 11) is 2.10. The molecule has 1 aromatic rings. The SMILES string of the molecule is CN(Cc1cccnc1)CC1CC(C(C)(C)C)CCC1=O. The Balaban J connectivity index is 1.92. The Kier molecular flexibility index (Phi) is 5.15. The lowest BCUT2D eigenvalue weighted by atomic mass is 9.68. The van der Waals surface area contributed by atoms with Gasteiger partial charge in [0.15, 0.2) is 0 Å². The van der Waals surface area contributed by atoms with E-state index in [1.165, 1.54) is 5.56 Å². The maximum absolute atomic E-state index is 12.2. The molecule has 3 heteroatoms. The number of hydrogen-bond acceptors (Lipinski definition) is 3. The van der Waals surface area contributed by atoms with E-state index in [2.05, 4.69) is 43.8 Å². The van der Waals surface area contributed by atoms with Crippen LogP contribution in [0.1, 0.15) is 45.6 Å². The maximum atomic E-state index is 12.2. The van der Waals surface area contributed by atoms with E-state index < -0.39 is 0 Å². The molecule has 0 saturated heterocycles. The fourth-order valence-corrected chi connectivity index (χ4v) is 3.32. The first-order chi connectivity index (χ1) is 9.86. The molecule has 0 aliphatic heterocycles. The molecular formula is C18H28N2O. The molecule has 2 unspecified atom stereocenters. The van der Waals surface area contributed by atoms with Gasteiger partial charge >= 0.3 is 0 Å². The Bertz CT molecular complexity index is 464. The summed E-state index contributed by atoms with van der Waals surface area (Å²) < 4.78 is 0. The van der Waals surface area contributed by atoms with Crippen LogP contribution in [-0.4, -0.2) is 29.3 Å². The second kappa shape index (κ2) is 6.69.